The summed E-state index contributed by atoms with van der Waals surface area (Å²) < 4.78 is 2.26. The van der Waals surface area contributed by atoms with Gasteiger partial charge in [0.05, 0.1) is 12.0 Å². The molecular formula is C11H21N3. The molecule has 3 nitrogen and oxygen atoms in total. The molecule has 0 amide bonds. The van der Waals surface area contributed by atoms with Crippen molar-refractivity contribution in [2.75, 3.05) is 13.6 Å². The monoisotopic (exact) mass is 195 g/mol. The number of fused-ring (bicyclic) bond motifs is 1. The quantitative estimate of drug-likeness (QED) is 0.631. The zero-order valence-electron chi connectivity index (χ0n) is 9.70. The van der Waals surface area contributed by atoms with Gasteiger partial charge in [0.25, 0.3) is 0 Å². The van der Waals surface area contributed by atoms with E-state index in [0.29, 0.717) is 0 Å². The Hall–Kier alpha value is -0.830. The van der Waals surface area contributed by atoms with Crippen molar-refractivity contribution in [1.82, 2.24) is 14.5 Å². The van der Waals surface area contributed by atoms with E-state index in [1.54, 1.807) is 0 Å². The summed E-state index contributed by atoms with van der Waals surface area (Å²) in [6.45, 7) is 9.61. The SMILES string of the molecule is CC.CC1CN(C)Cc2cncn2C1. The van der Waals surface area contributed by atoms with Crippen LogP contribution in [0.5, 0.6) is 0 Å². The molecule has 0 spiro atoms. The third-order valence-electron chi connectivity index (χ3n) is 2.36. The molecule has 1 atom stereocenters. The molecule has 1 aliphatic heterocycles. The molecule has 0 N–H and O–H groups in total. The van der Waals surface area contributed by atoms with Crippen LogP contribution in [0, 0.1) is 5.92 Å². The minimum atomic E-state index is 0.727. The third-order valence-corrected chi connectivity index (χ3v) is 2.36. The van der Waals surface area contributed by atoms with Crippen LogP contribution in [0.2, 0.25) is 0 Å². The van der Waals surface area contributed by atoms with E-state index in [0.717, 1.165) is 19.0 Å². The van der Waals surface area contributed by atoms with Gasteiger partial charge < -0.3 is 9.47 Å². The fourth-order valence-corrected chi connectivity index (χ4v) is 1.91. The maximum atomic E-state index is 4.15. The average molecular weight is 195 g/mol. The van der Waals surface area contributed by atoms with Crippen molar-refractivity contribution in [1.29, 1.82) is 0 Å². The summed E-state index contributed by atoms with van der Waals surface area (Å²) in [4.78, 5) is 6.50. The predicted molar refractivity (Wildman–Crippen MR) is 59.1 cm³/mol. The minimum absolute atomic E-state index is 0.727. The normalized spacial score (nSPS) is 21.9. The van der Waals surface area contributed by atoms with Crippen LogP contribution in [0.1, 0.15) is 26.5 Å². The molecule has 1 aliphatic rings. The van der Waals surface area contributed by atoms with Gasteiger partial charge in [0.1, 0.15) is 0 Å². The first-order chi connectivity index (χ1) is 6.75. The van der Waals surface area contributed by atoms with Gasteiger partial charge >= 0.3 is 0 Å². The van der Waals surface area contributed by atoms with Crippen LogP contribution in [0.3, 0.4) is 0 Å². The zero-order chi connectivity index (χ0) is 10.6. The smallest absolute Gasteiger partial charge is 0.0948 e. The van der Waals surface area contributed by atoms with Crippen molar-refractivity contribution in [2.45, 2.75) is 33.9 Å². The second-order valence-corrected chi connectivity index (χ2v) is 3.84. The van der Waals surface area contributed by atoms with Gasteiger partial charge in [-0.2, -0.15) is 0 Å². The molecule has 0 saturated heterocycles. The second-order valence-electron chi connectivity index (χ2n) is 3.84. The highest BCUT2D eigenvalue weighted by molar-refractivity contribution is 4.99. The molecular weight excluding hydrogens is 174 g/mol. The van der Waals surface area contributed by atoms with E-state index < -0.39 is 0 Å². The van der Waals surface area contributed by atoms with Gasteiger partial charge in [-0.05, 0) is 13.0 Å². The Kier molecular flexibility index (Phi) is 4.14. The van der Waals surface area contributed by atoms with E-state index in [-0.39, 0.29) is 0 Å². The number of rotatable bonds is 0. The highest BCUT2D eigenvalue weighted by Crippen LogP contribution is 2.13. The van der Waals surface area contributed by atoms with E-state index in [4.69, 9.17) is 0 Å². The van der Waals surface area contributed by atoms with Crippen LogP contribution < -0.4 is 0 Å². The molecule has 0 aromatic carbocycles. The summed E-state index contributed by atoms with van der Waals surface area (Å²) in [7, 11) is 2.17. The minimum Gasteiger partial charge on any atom is -0.333 e. The van der Waals surface area contributed by atoms with Gasteiger partial charge in [-0.25, -0.2) is 4.98 Å². The van der Waals surface area contributed by atoms with Crippen LogP contribution in [-0.4, -0.2) is 28.0 Å². The molecule has 0 fully saturated rings. The summed E-state index contributed by atoms with van der Waals surface area (Å²) in [5, 5.41) is 0. The molecule has 14 heavy (non-hydrogen) atoms. The van der Waals surface area contributed by atoms with Crippen molar-refractivity contribution >= 4 is 0 Å². The van der Waals surface area contributed by atoms with Crippen LogP contribution in [-0.2, 0) is 13.1 Å². The standard InChI is InChI=1S/C9H15N3.C2H6/c1-8-4-11(2)6-9-3-10-7-12(9)5-8;1-2/h3,7-8H,4-6H2,1-2H3;1-2H3. The molecule has 0 bridgehead atoms. The highest BCUT2D eigenvalue weighted by atomic mass is 15.2. The number of hydrogen-bond donors (Lipinski definition) is 0. The molecule has 0 saturated carbocycles. The van der Waals surface area contributed by atoms with Crippen molar-refractivity contribution in [2.24, 2.45) is 5.92 Å². The highest BCUT2D eigenvalue weighted by Gasteiger charge is 2.15. The summed E-state index contributed by atoms with van der Waals surface area (Å²) in [6, 6.07) is 0. The summed E-state index contributed by atoms with van der Waals surface area (Å²) >= 11 is 0. The first kappa shape index (κ1) is 11.2. The maximum absolute atomic E-state index is 4.15. The van der Waals surface area contributed by atoms with Crippen LogP contribution in [0.15, 0.2) is 12.5 Å². The van der Waals surface area contributed by atoms with Gasteiger partial charge in [-0.1, -0.05) is 20.8 Å². The predicted octanol–water partition coefficient (Wildman–Crippen LogP) is 1.99. The average Bonchev–Trinajstić information content (AvgIpc) is 2.50. The van der Waals surface area contributed by atoms with Crippen LogP contribution >= 0.6 is 0 Å². The Morgan fingerprint density at radius 2 is 2.07 bits per heavy atom. The molecule has 0 radical (unpaired) electrons. The lowest BCUT2D eigenvalue weighted by atomic mass is 10.2. The van der Waals surface area contributed by atoms with Crippen molar-refractivity contribution in [3.05, 3.63) is 18.2 Å². The lowest BCUT2D eigenvalue weighted by molar-refractivity contribution is 0.288. The molecule has 2 rings (SSSR count). The summed E-state index contributed by atoms with van der Waals surface area (Å²) in [5.41, 5.74) is 1.34. The van der Waals surface area contributed by atoms with E-state index >= 15 is 0 Å². The largest absolute Gasteiger partial charge is 0.333 e. The summed E-state index contributed by atoms with van der Waals surface area (Å²) in [6.07, 6.45) is 3.90. The Labute approximate surface area is 86.7 Å². The Morgan fingerprint density at radius 3 is 2.79 bits per heavy atom. The Bertz CT molecular complexity index is 243. The fourth-order valence-electron chi connectivity index (χ4n) is 1.91. The van der Waals surface area contributed by atoms with E-state index in [9.17, 15) is 0 Å². The molecule has 2 heterocycles. The lowest BCUT2D eigenvalue weighted by Gasteiger charge is -2.15. The van der Waals surface area contributed by atoms with Crippen molar-refractivity contribution in [3.8, 4) is 0 Å². The molecule has 1 unspecified atom stereocenters. The van der Waals surface area contributed by atoms with Gasteiger partial charge in [0, 0.05) is 25.8 Å². The maximum Gasteiger partial charge on any atom is 0.0948 e. The first-order valence-corrected chi connectivity index (χ1v) is 5.43. The molecule has 0 aliphatic carbocycles. The third kappa shape index (κ3) is 2.58. The van der Waals surface area contributed by atoms with Gasteiger partial charge in [-0.15, -0.1) is 0 Å². The Balaban J connectivity index is 0.000000461. The van der Waals surface area contributed by atoms with Crippen molar-refractivity contribution < 1.29 is 0 Å². The first-order valence-electron chi connectivity index (χ1n) is 5.43. The van der Waals surface area contributed by atoms with Crippen molar-refractivity contribution in [3.63, 3.8) is 0 Å². The van der Waals surface area contributed by atoms with Gasteiger partial charge in [0.15, 0.2) is 0 Å². The number of imidazole rings is 1. The molecule has 1 aromatic rings. The Morgan fingerprint density at radius 1 is 1.36 bits per heavy atom. The van der Waals surface area contributed by atoms with E-state index in [2.05, 4.69) is 28.4 Å². The number of aromatic nitrogens is 2. The van der Waals surface area contributed by atoms with E-state index in [1.165, 1.54) is 12.2 Å². The fraction of sp³-hybridized carbons (Fsp3) is 0.727. The zero-order valence-corrected chi connectivity index (χ0v) is 9.70. The number of hydrogen-bond acceptors (Lipinski definition) is 2. The van der Waals surface area contributed by atoms with Gasteiger partial charge in [0.2, 0.25) is 0 Å². The van der Waals surface area contributed by atoms with E-state index in [1.807, 2.05) is 26.4 Å². The van der Waals surface area contributed by atoms with Crippen LogP contribution in [0.25, 0.3) is 0 Å². The lowest BCUT2D eigenvalue weighted by Crippen LogP contribution is -2.21. The summed E-state index contributed by atoms with van der Waals surface area (Å²) in [5.74, 6) is 0.727. The second kappa shape index (κ2) is 5.15. The van der Waals surface area contributed by atoms with Crippen LogP contribution in [0.4, 0.5) is 0 Å². The van der Waals surface area contributed by atoms with Gasteiger partial charge in [-0.3, -0.25) is 0 Å². The molecule has 80 valence electrons. The molecule has 3 heteroatoms. The number of nitrogens with zero attached hydrogens (tertiary/aromatic N) is 3. The topological polar surface area (TPSA) is 21.1 Å². The molecule has 1 aromatic heterocycles.